The molecule has 3 aromatic rings. The van der Waals surface area contributed by atoms with Crippen LogP contribution in [0.25, 0.3) is 0 Å². The Morgan fingerprint density at radius 3 is 2.00 bits per heavy atom. The molecule has 0 aromatic heterocycles. The highest BCUT2D eigenvalue weighted by molar-refractivity contribution is 9.10. The van der Waals surface area contributed by atoms with Gasteiger partial charge in [-0.05, 0) is 67.4 Å². The van der Waals surface area contributed by atoms with E-state index in [0.717, 1.165) is 39.0 Å². The summed E-state index contributed by atoms with van der Waals surface area (Å²) in [5.74, 6) is 0. The van der Waals surface area contributed by atoms with Crippen LogP contribution in [0, 0.1) is 6.92 Å². The van der Waals surface area contributed by atoms with E-state index in [-0.39, 0.29) is 6.04 Å². The predicted octanol–water partition coefficient (Wildman–Crippen LogP) is 10.8. The summed E-state index contributed by atoms with van der Waals surface area (Å²) in [4.78, 5) is 0.747. The van der Waals surface area contributed by atoms with E-state index < -0.39 is 15.0 Å². The Kier molecular flexibility index (Phi) is 12.5. The topological polar surface area (TPSA) is 29.1 Å². The van der Waals surface area contributed by atoms with Gasteiger partial charge in [-0.2, -0.15) is 0 Å². The van der Waals surface area contributed by atoms with E-state index in [1.54, 1.807) is 0 Å². The van der Waals surface area contributed by atoms with E-state index >= 15 is 0 Å². The molecule has 0 aliphatic heterocycles. The number of nitrogens with one attached hydrogen (secondary N) is 1. The monoisotopic (exact) mass is 621 g/mol. The number of hydrogen-bond acceptors (Lipinski definition) is 2. The first-order chi connectivity index (χ1) is 17.8. The van der Waals surface area contributed by atoms with Gasteiger partial charge in [-0.15, -0.1) is 11.6 Å². The van der Waals surface area contributed by atoms with Gasteiger partial charge in [0, 0.05) is 20.1 Å². The molecule has 0 spiro atoms. The van der Waals surface area contributed by atoms with Gasteiger partial charge in [0.15, 0.2) is 0 Å². The molecule has 0 unspecified atom stereocenters. The second-order valence-electron chi connectivity index (χ2n) is 9.73. The van der Waals surface area contributed by atoms with Gasteiger partial charge in [0.1, 0.15) is 4.21 Å². The molecule has 0 amide bonds. The molecule has 200 valence electrons. The Labute approximate surface area is 244 Å². The van der Waals surface area contributed by atoms with Gasteiger partial charge in [0.25, 0.3) is 0 Å². The number of halogens is 3. The Bertz CT molecular complexity index is 1110. The van der Waals surface area contributed by atoms with Crippen LogP contribution in [0.4, 0.5) is 5.69 Å². The third kappa shape index (κ3) is 9.13. The summed E-state index contributed by atoms with van der Waals surface area (Å²) in [5, 5.41) is 4.29. The average molecular weight is 624 g/mol. The van der Waals surface area contributed by atoms with E-state index in [9.17, 15) is 4.21 Å². The van der Waals surface area contributed by atoms with Crippen molar-refractivity contribution in [3.8, 4) is 0 Å². The summed E-state index contributed by atoms with van der Waals surface area (Å²) in [5.41, 5.74) is 3.01. The van der Waals surface area contributed by atoms with Gasteiger partial charge in [0.2, 0.25) is 0 Å². The summed E-state index contributed by atoms with van der Waals surface area (Å²) in [6.45, 7) is 4.28. The van der Waals surface area contributed by atoms with E-state index in [1.165, 1.54) is 38.5 Å². The summed E-state index contributed by atoms with van der Waals surface area (Å²) in [6, 6.07) is 23.2. The van der Waals surface area contributed by atoms with Crippen molar-refractivity contribution in [1.29, 1.82) is 0 Å². The van der Waals surface area contributed by atoms with Crippen molar-refractivity contribution in [3.63, 3.8) is 0 Å². The van der Waals surface area contributed by atoms with Crippen LogP contribution in [0.3, 0.4) is 0 Å². The lowest BCUT2D eigenvalue weighted by atomic mass is 9.97. The fraction of sp³-hybridized carbons (Fsp3) is 0.419. The molecule has 1 N–H and O–H groups in total. The fourth-order valence-electron chi connectivity index (χ4n) is 4.51. The molecular weight excluding hydrogens is 585 g/mol. The van der Waals surface area contributed by atoms with Gasteiger partial charge in [-0.1, -0.05) is 116 Å². The largest absolute Gasteiger partial charge is 0.375 e. The molecule has 2 nitrogen and oxygen atoms in total. The SMILES string of the molecule is CCCCCCCCCC[C@@](Cl)([C@H](Nc1ccc(Br)cc1)c1ccc(Cl)cc1)[S@](=O)c1ccc(C)cc1. The van der Waals surface area contributed by atoms with Crippen LogP contribution in [0.5, 0.6) is 0 Å². The molecule has 0 fully saturated rings. The van der Waals surface area contributed by atoms with Crippen LogP contribution in [0.2, 0.25) is 5.02 Å². The van der Waals surface area contributed by atoms with Crippen molar-refractivity contribution in [1.82, 2.24) is 0 Å². The standard InChI is InChI=1S/C31H38BrCl2NOS/c1-3-4-5-6-7-8-9-10-23-31(34,37(36)29-21-11-24(2)12-22-29)30(25-13-17-27(33)18-14-25)35-28-19-15-26(32)16-20-28/h11-22,30,35H,3-10,23H2,1-2H3/t30-,31+,37-/m1/s1. The van der Waals surface area contributed by atoms with E-state index in [1.807, 2.05) is 79.7 Å². The summed E-state index contributed by atoms with van der Waals surface area (Å²) >= 11 is 17.3. The number of hydrogen-bond donors (Lipinski definition) is 1. The van der Waals surface area contributed by atoms with E-state index in [2.05, 4.69) is 28.2 Å². The molecule has 0 bridgehead atoms. The number of rotatable bonds is 15. The molecule has 3 atom stereocenters. The first kappa shape index (κ1) is 30.2. The first-order valence-corrected chi connectivity index (χ1v) is 16.0. The predicted molar refractivity (Wildman–Crippen MR) is 165 cm³/mol. The third-order valence-electron chi connectivity index (χ3n) is 6.70. The fourth-order valence-corrected chi connectivity index (χ4v) is 7.00. The molecule has 0 aliphatic rings. The molecule has 0 saturated carbocycles. The lowest BCUT2D eigenvalue weighted by Crippen LogP contribution is -2.39. The van der Waals surface area contributed by atoms with Crippen LogP contribution >= 0.6 is 39.1 Å². The van der Waals surface area contributed by atoms with Gasteiger partial charge in [-0.3, -0.25) is 4.21 Å². The van der Waals surface area contributed by atoms with Crippen LogP contribution in [-0.4, -0.2) is 8.42 Å². The number of anilines is 1. The number of alkyl halides is 1. The molecule has 3 aromatic carbocycles. The molecule has 3 rings (SSSR count). The first-order valence-electron chi connectivity index (χ1n) is 13.3. The van der Waals surface area contributed by atoms with Gasteiger partial charge in [0.05, 0.1) is 16.8 Å². The number of unbranched alkanes of at least 4 members (excludes halogenated alkanes) is 7. The number of aryl methyl sites for hydroxylation is 1. The van der Waals surface area contributed by atoms with Crippen LogP contribution in [0.15, 0.2) is 82.2 Å². The molecule has 0 radical (unpaired) electrons. The molecule has 0 saturated heterocycles. The van der Waals surface area contributed by atoms with Crippen molar-refractivity contribution < 1.29 is 4.21 Å². The van der Waals surface area contributed by atoms with Gasteiger partial charge >= 0.3 is 0 Å². The lowest BCUT2D eigenvalue weighted by Gasteiger charge is -2.36. The highest BCUT2D eigenvalue weighted by atomic mass is 79.9. The maximum Gasteiger partial charge on any atom is 0.148 e. The Morgan fingerprint density at radius 1 is 0.838 bits per heavy atom. The highest BCUT2D eigenvalue weighted by Gasteiger charge is 2.44. The maximum absolute atomic E-state index is 14.2. The minimum Gasteiger partial charge on any atom is -0.375 e. The van der Waals surface area contributed by atoms with Crippen molar-refractivity contribution in [2.24, 2.45) is 0 Å². The minimum absolute atomic E-state index is 0.390. The minimum atomic E-state index is -1.46. The smallest absolute Gasteiger partial charge is 0.148 e. The molecule has 0 aliphatic carbocycles. The molecule has 0 heterocycles. The van der Waals surface area contributed by atoms with Crippen molar-refractivity contribution in [2.45, 2.75) is 86.8 Å². The second kappa shape index (κ2) is 15.3. The second-order valence-corrected chi connectivity index (χ2v) is 13.7. The molecule has 6 heteroatoms. The zero-order chi connectivity index (χ0) is 26.7. The Morgan fingerprint density at radius 2 is 1.41 bits per heavy atom. The summed E-state index contributed by atoms with van der Waals surface area (Å²) in [6.07, 6.45) is 10.2. The zero-order valence-electron chi connectivity index (χ0n) is 21.8. The quantitative estimate of drug-likeness (QED) is 0.135. The van der Waals surface area contributed by atoms with Gasteiger partial charge in [-0.25, -0.2) is 0 Å². The summed E-state index contributed by atoms with van der Waals surface area (Å²) < 4.78 is 14.2. The lowest BCUT2D eigenvalue weighted by molar-refractivity contribution is 0.518. The Balaban J connectivity index is 1.90. The Hall–Kier alpha value is -1.33. The van der Waals surface area contributed by atoms with Crippen molar-refractivity contribution >= 4 is 55.6 Å². The van der Waals surface area contributed by atoms with Crippen LogP contribution in [-0.2, 0) is 10.8 Å². The van der Waals surface area contributed by atoms with Crippen LogP contribution in [0.1, 0.15) is 81.9 Å². The van der Waals surface area contributed by atoms with E-state index in [4.69, 9.17) is 23.2 Å². The normalized spacial score (nSPS) is 14.6. The summed E-state index contributed by atoms with van der Waals surface area (Å²) in [7, 11) is -1.46. The van der Waals surface area contributed by atoms with Crippen LogP contribution < -0.4 is 5.32 Å². The van der Waals surface area contributed by atoms with Crippen molar-refractivity contribution in [2.75, 3.05) is 5.32 Å². The highest BCUT2D eigenvalue weighted by Crippen LogP contribution is 2.44. The third-order valence-corrected chi connectivity index (χ3v) is 10.1. The van der Waals surface area contributed by atoms with Gasteiger partial charge < -0.3 is 5.32 Å². The number of benzene rings is 3. The molecule has 37 heavy (non-hydrogen) atoms. The maximum atomic E-state index is 14.2. The molecular formula is C31H38BrCl2NOS. The average Bonchev–Trinajstić information content (AvgIpc) is 2.90. The van der Waals surface area contributed by atoms with E-state index in [0.29, 0.717) is 11.4 Å². The zero-order valence-corrected chi connectivity index (χ0v) is 25.7. The van der Waals surface area contributed by atoms with Crippen molar-refractivity contribution in [3.05, 3.63) is 93.4 Å².